The number of aromatic nitrogens is 2. The lowest BCUT2D eigenvalue weighted by molar-refractivity contribution is 0.134. The predicted octanol–water partition coefficient (Wildman–Crippen LogP) is 2.44. The molecule has 5 nitrogen and oxygen atoms in total. The van der Waals surface area contributed by atoms with E-state index in [-0.39, 0.29) is 5.60 Å². The van der Waals surface area contributed by atoms with E-state index >= 15 is 0 Å². The van der Waals surface area contributed by atoms with Crippen LogP contribution >= 0.6 is 0 Å². The maximum absolute atomic E-state index is 5.94. The molecule has 1 aliphatic heterocycles. The van der Waals surface area contributed by atoms with Crippen molar-refractivity contribution in [2.45, 2.75) is 32.4 Å². The molecule has 1 aromatic carbocycles. The van der Waals surface area contributed by atoms with Crippen LogP contribution in [0.3, 0.4) is 0 Å². The average molecular weight is 271 g/mol. The van der Waals surface area contributed by atoms with Crippen LogP contribution in [-0.4, -0.2) is 15.6 Å². The Bertz CT molecular complexity index is 624. The van der Waals surface area contributed by atoms with Crippen molar-refractivity contribution in [3.8, 4) is 17.5 Å². The Balaban J connectivity index is 1.87. The van der Waals surface area contributed by atoms with Gasteiger partial charge in [0.15, 0.2) is 11.5 Å². The van der Waals surface area contributed by atoms with Crippen LogP contribution in [0, 0.1) is 0 Å². The molecule has 2 aromatic rings. The zero-order valence-corrected chi connectivity index (χ0v) is 11.6. The van der Waals surface area contributed by atoms with Gasteiger partial charge in [-0.1, -0.05) is 12.1 Å². The zero-order valence-electron chi connectivity index (χ0n) is 11.6. The van der Waals surface area contributed by atoms with Crippen molar-refractivity contribution in [1.29, 1.82) is 0 Å². The van der Waals surface area contributed by atoms with E-state index in [0.717, 1.165) is 23.3 Å². The molecule has 0 saturated heterocycles. The highest BCUT2D eigenvalue weighted by molar-refractivity contribution is 5.50. The number of benzene rings is 1. The van der Waals surface area contributed by atoms with Gasteiger partial charge in [0.1, 0.15) is 5.60 Å². The first-order valence-electron chi connectivity index (χ1n) is 6.57. The van der Waals surface area contributed by atoms with Crippen molar-refractivity contribution in [2.24, 2.45) is 5.73 Å². The summed E-state index contributed by atoms with van der Waals surface area (Å²) in [5, 5.41) is 0. The van der Waals surface area contributed by atoms with Crippen LogP contribution in [0.2, 0.25) is 0 Å². The molecule has 104 valence electrons. The van der Waals surface area contributed by atoms with Crippen molar-refractivity contribution in [2.75, 3.05) is 0 Å². The normalized spacial score (nSPS) is 15.6. The molecule has 0 amide bonds. The summed E-state index contributed by atoms with van der Waals surface area (Å²) >= 11 is 0. The van der Waals surface area contributed by atoms with Gasteiger partial charge in [-0.25, -0.2) is 9.97 Å². The number of para-hydroxylation sites is 1. The van der Waals surface area contributed by atoms with E-state index in [9.17, 15) is 0 Å². The predicted molar refractivity (Wildman–Crippen MR) is 74.9 cm³/mol. The van der Waals surface area contributed by atoms with Gasteiger partial charge in [0.2, 0.25) is 0 Å². The maximum Gasteiger partial charge on any atom is 0.322 e. The number of hydrogen-bond acceptors (Lipinski definition) is 5. The molecule has 2 N–H and O–H groups in total. The summed E-state index contributed by atoms with van der Waals surface area (Å²) in [6, 6.07) is 6.16. The second kappa shape index (κ2) is 4.76. The lowest BCUT2D eigenvalue weighted by Crippen LogP contribution is -2.24. The highest BCUT2D eigenvalue weighted by atomic mass is 16.5. The zero-order chi connectivity index (χ0) is 14.2. The molecule has 1 aliphatic rings. The Morgan fingerprint density at radius 3 is 2.75 bits per heavy atom. The van der Waals surface area contributed by atoms with E-state index in [1.165, 1.54) is 0 Å². The van der Waals surface area contributed by atoms with Crippen LogP contribution in [0.5, 0.6) is 17.5 Å². The minimum atomic E-state index is -0.202. The number of hydrogen-bond donors (Lipinski definition) is 1. The SMILES string of the molecule is CC1(C)Cc2cccc(Oc3ncc(CN)cn3)c2O1. The van der Waals surface area contributed by atoms with Crippen LogP contribution in [0.4, 0.5) is 0 Å². The molecule has 1 aromatic heterocycles. The third-order valence-electron chi connectivity index (χ3n) is 3.17. The Kier molecular flexibility index (Phi) is 3.06. The molecule has 0 spiro atoms. The smallest absolute Gasteiger partial charge is 0.322 e. The molecular weight excluding hydrogens is 254 g/mol. The second-order valence-electron chi connectivity index (χ2n) is 5.46. The Morgan fingerprint density at radius 1 is 1.30 bits per heavy atom. The maximum atomic E-state index is 5.94. The van der Waals surface area contributed by atoms with Crippen LogP contribution in [0.1, 0.15) is 25.0 Å². The number of rotatable bonds is 3. The lowest BCUT2D eigenvalue weighted by Gasteiger charge is -2.17. The van der Waals surface area contributed by atoms with Crippen LogP contribution in [0.15, 0.2) is 30.6 Å². The topological polar surface area (TPSA) is 70.3 Å². The van der Waals surface area contributed by atoms with E-state index in [2.05, 4.69) is 29.9 Å². The molecule has 0 radical (unpaired) electrons. The van der Waals surface area contributed by atoms with Crippen molar-refractivity contribution in [3.05, 3.63) is 41.7 Å². The Labute approximate surface area is 117 Å². The molecule has 0 unspecified atom stereocenters. The van der Waals surface area contributed by atoms with E-state index < -0.39 is 0 Å². The summed E-state index contributed by atoms with van der Waals surface area (Å²) in [6.07, 6.45) is 4.19. The van der Waals surface area contributed by atoms with Gasteiger partial charge in [0.05, 0.1) is 0 Å². The summed E-state index contributed by atoms with van der Waals surface area (Å²) in [4.78, 5) is 8.28. The fourth-order valence-electron chi connectivity index (χ4n) is 2.27. The van der Waals surface area contributed by atoms with Gasteiger partial charge in [0.25, 0.3) is 0 Å². The highest BCUT2D eigenvalue weighted by Crippen LogP contribution is 2.42. The van der Waals surface area contributed by atoms with Crippen molar-refractivity contribution in [3.63, 3.8) is 0 Å². The summed E-state index contributed by atoms with van der Waals surface area (Å²) in [5.41, 5.74) is 7.33. The van der Waals surface area contributed by atoms with E-state index in [0.29, 0.717) is 18.3 Å². The number of nitrogens with two attached hydrogens (primary N) is 1. The number of nitrogens with zero attached hydrogens (tertiary/aromatic N) is 2. The van der Waals surface area contributed by atoms with Crippen molar-refractivity contribution in [1.82, 2.24) is 9.97 Å². The second-order valence-corrected chi connectivity index (χ2v) is 5.46. The van der Waals surface area contributed by atoms with Gasteiger partial charge in [-0.15, -0.1) is 0 Å². The van der Waals surface area contributed by atoms with Crippen molar-refractivity contribution < 1.29 is 9.47 Å². The molecule has 2 heterocycles. The molecule has 0 fully saturated rings. The molecule has 0 atom stereocenters. The fraction of sp³-hybridized carbons (Fsp3) is 0.333. The summed E-state index contributed by atoms with van der Waals surface area (Å²) < 4.78 is 11.7. The monoisotopic (exact) mass is 271 g/mol. The van der Waals surface area contributed by atoms with Gasteiger partial charge < -0.3 is 15.2 Å². The third kappa shape index (κ3) is 2.44. The van der Waals surface area contributed by atoms with E-state index in [4.69, 9.17) is 15.2 Å². The van der Waals surface area contributed by atoms with Crippen LogP contribution in [-0.2, 0) is 13.0 Å². The molecule has 0 saturated carbocycles. The standard InChI is InChI=1S/C15H17N3O2/c1-15(2)6-11-4-3-5-12(13(11)20-15)19-14-17-8-10(7-16)9-18-14/h3-5,8-9H,6-7,16H2,1-2H3. The fourth-order valence-corrected chi connectivity index (χ4v) is 2.27. The largest absolute Gasteiger partial charge is 0.483 e. The first-order chi connectivity index (χ1) is 9.57. The quantitative estimate of drug-likeness (QED) is 0.928. The number of ether oxygens (including phenoxy) is 2. The summed E-state index contributed by atoms with van der Waals surface area (Å²) in [7, 11) is 0. The van der Waals surface area contributed by atoms with Crippen LogP contribution < -0.4 is 15.2 Å². The lowest BCUT2D eigenvalue weighted by atomic mass is 10.0. The summed E-state index contributed by atoms with van der Waals surface area (Å²) in [5.74, 6) is 1.43. The minimum Gasteiger partial charge on any atom is -0.483 e. The van der Waals surface area contributed by atoms with Gasteiger partial charge >= 0.3 is 6.01 Å². The van der Waals surface area contributed by atoms with Crippen molar-refractivity contribution >= 4 is 0 Å². The molecule has 0 bridgehead atoms. The Hall–Kier alpha value is -2.14. The third-order valence-corrected chi connectivity index (χ3v) is 3.17. The molecule has 0 aliphatic carbocycles. The average Bonchev–Trinajstić information content (AvgIpc) is 2.75. The van der Waals surface area contributed by atoms with Gasteiger partial charge in [-0.3, -0.25) is 0 Å². The van der Waals surface area contributed by atoms with Gasteiger partial charge in [-0.05, 0) is 19.9 Å². The van der Waals surface area contributed by atoms with Gasteiger partial charge in [-0.2, -0.15) is 0 Å². The van der Waals surface area contributed by atoms with Gasteiger partial charge in [0, 0.05) is 36.5 Å². The minimum absolute atomic E-state index is 0.202. The first kappa shape index (κ1) is 12.9. The van der Waals surface area contributed by atoms with Crippen LogP contribution in [0.25, 0.3) is 0 Å². The molecule has 3 rings (SSSR count). The van der Waals surface area contributed by atoms with E-state index in [1.807, 2.05) is 12.1 Å². The molecular formula is C15H17N3O2. The molecule has 20 heavy (non-hydrogen) atoms. The molecule has 5 heteroatoms. The number of fused-ring (bicyclic) bond motifs is 1. The summed E-state index contributed by atoms with van der Waals surface area (Å²) in [6.45, 7) is 4.53. The first-order valence-corrected chi connectivity index (χ1v) is 6.57. The highest BCUT2D eigenvalue weighted by Gasteiger charge is 2.32. The van der Waals surface area contributed by atoms with E-state index in [1.54, 1.807) is 12.4 Å². The Morgan fingerprint density at radius 2 is 2.05 bits per heavy atom.